The number of hydrogen-bond acceptors (Lipinski definition) is 4. The van der Waals surface area contributed by atoms with Crippen molar-refractivity contribution in [3.05, 3.63) is 23.8 Å². The molecule has 0 radical (unpaired) electrons. The second-order valence-electron chi connectivity index (χ2n) is 5.74. The molecule has 0 spiro atoms. The Morgan fingerprint density at radius 2 is 1.91 bits per heavy atom. The molecule has 0 N–H and O–H groups in total. The van der Waals surface area contributed by atoms with Gasteiger partial charge in [0.2, 0.25) is 0 Å². The van der Waals surface area contributed by atoms with Gasteiger partial charge in [0.25, 0.3) is 0 Å². The van der Waals surface area contributed by atoms with Crippen molar-refractivity contribution in [2.75, 3.05) is 46.6 Å². The van der Waals surface area contributed by atoms with E-state index >= 15 is 0 Å². The van der Waals surface area contributed by atoms with Crippen LogP contribution >= 0.6 is 12.4 Å². The number of morpholine rings is 1. The molecule has 0 saturated carbocycles. The molecule has 0 unspecified atom stereocenters. The third kappa shape index (κ3) is 6.98. The molecule has 2 rings (SSSR count). The quantitative estimate of drug-likeness (QED) is 0.641. The summed E-state index contributed by atoms with van der Waals surface area (Å²) in [5.41, 5.74) is 1.30. The van der Waals surface area contributed by atoms with Gasteiger partial charge in [-0.15, -0.1) is 12.4 Å². The van der Waals surface area contributed by atoms with Crippen LogP contribution in [0.15, 0.2) is 18.2 Å². The van der Waals surface area contributed by atoms with Crippen molar-refractivity contribution in [1.82, 2.24) is 4.90 Å². The van der Waals surface area contributed by atoms with Crippen molar-refractivity contribution in [2.24, 2.45) is 0 Å². The second-order valence-corrected chi connectivity index (χ2v) is 5.74. The average Bonchev–Trinajstić information content (AvgIpc) is 2.56. The smallest absolute Gasteiger partial charge is 0.161 e. The highest BCUT2D eigenvalue weighted by molar-refractivity contribution is 5.85. The lowest BCUT2D eigenvalue weighted by Crippen LogP contribution is -2.36. The molecule has 4 nitrogen and oxygen atoms in total. The fourth-order valence-electron chi connectivity index (χ4n) is 2.72. The summed E-state index contributed by atoms with van der Waals surface area (Å²) in [5, 5.41) is 0. The Morgan fingerprint density at radius 1 is 1.13 bits per heavy atom. The highest BCUT2D eigenvalue weighted by atomic mass is 35.5. The maximum atomic E-state index is 5.88. The van der Waals surface area contributed by atoms with E-state index in [9.17, 15) is 0 Å². The summed E-state index contributed by atoms with van der Waals surface area (Å²) in [6, 6.07) is 6.26. The SMILES string of the molecule is CCCc1ccc(OCCCCN2CCOCC2)c(OC)c1.Cl. The topological polar surface area (TPSA) is 30.9 Å². The molecule has 1 fully saturated rings. The first-order valence-electron chi connectivity index (χ1n) is 8.43. The number of methoxy groups -OCH3 is 1. The van der Waals surface area contributed by atoms with Crippen molar-refractivity contribution in [3.63, 3.8) is 0 Å². The maximum Gasteiger partial charge on any atom is 0.161 e. The van der Waals surface area contributed by atoms with Crippen LogP contribution in [0, 0.1) is 0 Å². The van der Waals surface area contributed by atoms with E-state index in [1.54, 1.807) is 7.11 Å². The van der Waals surface area contributed by atoms with Crippen LogP contribution < -0.4 is 9.47 Å². The third-order valence-electron chi connectivity index (χ3n) is 4.00. The molecule has 1 aromatic carbocycles. The third-order valence-corrected chi connectivity index (χ3v) is 4.00. The standard InChI is InChI=1S/C18H29NO3.ClH/c1-3-6-16-7-8-17(18(15-16)20-2)22-12-5-4-9-19-10-13-21-14-11-19;/h7-8,15H,3-6,9-14H2,1-2H3;1H. The Bertz CT molecular complexity index is 436. The van der Waals surface area contributed by atoms with Gasteiger partial charge in [-0.3, -0.25) is 4.90 Å². The van der Waals surface area contributed by atoms with E-state index in [-0.39, 0.29) is 12.4 Å². The Kier molecular flexibility index (Phi) is 10.1. The van der Waals surface area contributed by atoms with E-state index in [2.05, 4.69) is 24.0 Å². The Labute approximate surface area is 146 Å². The molecule has 1 aromatic rings. The molecule has 0 amide bonds. The molecule has 1 heterocycles. The average molecular weight is 344 g/mol. The Hall–Kier alpha value is -0.970. The van der Waals surface area contributed by atoms with Gasteiger partial charge < -0.3 is 14.2 Å². The monoisotopic (exact) mass is 343 g/mol. The zero-order chi connectivity index (χ0) is 15.6. The number of halogens is 1. The predicted molar refractivity (Wildman–Crippen MR) is 96.2 cm³/mol. The number of ether oxygens (including phenoxy) is 3. The number of rotatable bonds is 9. The first-order valence-corrected chi connectivity index (χ1v) is 8.43. The molecule has 23 heavy (non-hydrogen) atoms. The summed E-state index contributed by atoms with van der Waals surface area (Å²) in [5.74, 6) is 1.70. The lowest BCUT2D eigenvalue weighted by atomic mass is 10.1. The van der Waals surface area contributed by atoms with Crippen LogP contribution in [-0.2, 0) is 11.2 Å². The van der Waals surface area contributed by atoms with Crippen molar-refractivity contribution in [2.45, 2.75) is 32.6 Å². The van der Waals surface area contributed by atoms with Crippen LogP contribution in [0.5, 0.6) is 11.5 Å². The van der Waals surface area contributed by atoms with Gasteiger partial charge in [-0.2, -0.15) is 0 Å². The number of benzene rings is 1. The Balaban J connectivity index is 0.00000264. The van der Waals surface area contributed by atoms with E-state index in [1.807, 2.05) is 6.07 Å². The summed E-state index contributed by atoms with van der Waals surface area (Å²) in [7, 11) is 1.70. The highest BCUT2D eigenvalue weighted by Gasteiger charge is 2.09. The largest absolute Gasteiger partial charge is 0.493 e. The van der Waals surface area contributed by atoms with E-state index in [1.165, 1.54) is 5.56 Å². The molecule has 1 saturated heterocycles. The minimum Gasteiger partial charge on any atom is -0.493 e. The van der Waals surface area contributed by atoms with Crippen molar-refractivity contribution >= 4 is 12.4 Å². The van der Waals surface area contributed by atoms with Crippen LogP contribution in [0.25, 0.3) is 0 Å². The van der Waals surface area contributed by atoms with Crippen LogP contribution in [0.4, 0.5) is 0 Å². The van der Waals surface area contributed by atoms with Gasteiger partial charge in [-0.25, -0.2) is 0 Å². The minimum atomic E-state index is 0. The molecule has 5 heteroatoms. The van der Waals surface area contributed by atoms with E-state index in [0.29, 0.717) is 0 Å². The van der Waals surface area contributed by atoms with Gasteiger partial charge in [-0.1, -0.05) is 19.4 Å². The number of hydrogen-bond donors (Lipinski definition) is 0. The molecule has 1 aliphatic rings. The van der Waals surface area contributed by atoms with Gasteiger partial charge in [0.15, 0.2) is 11.5 Å². The minimum absolute atomic E-state index is 0. The summed E-state index contributed by atoms with van der Waals surface area (Å²) in [4.78, 5) is 2.46. The molecule has 1 aliphatic heterocycles. The number of unbranched alkanes of at least 4 members (excludes halogenated alkanes) is 1. The van der Waals surface area contributed by atoms with E-state index < -0.39 is 0 Å². The lowest BCUT2D eigenvalue weighted by molar-refractivity contribution is 0.0368. The maximum absolute atomic E-state index is 5.88. The van der Waals surface area contributed by atoms with Gasteiger partial charge in [-0.05, 0) is 43.5 Å². The number of aryl methyl sites for hydroxylation is 1. The molecule has 0 atom stereocenters. The van der Waals surface area contributed by atoms with Gasteiger partial charge in [0.05, 0.1) is 26.9 Å². The van der Waals surface area contributed by atoms with Crippen LogP contribution in [0.2, 0.25) is 0 Å². The molecule has 0 aromatic heterocycles. The zero-order valence-corrected chi connectivity index (χ0v) is 15.2. The summed E-state index contributed by atoms with van der Waals surface area (Å²) >= 11 is 0. The molecular weight excluding hydrogens is 314 g/mol. The van der Waals surface area contributed by atoms with Crippen molar-refractivity contribution in [3.8, 4) is 11.5 Å². The number of nitrogens with zero attached hydrogens (tertiary/aromatic N) is 1. The van der Waals surface area contributed by atoms with E-state index in [0.717, 1.165) is 76.6 Å². The van der Waals surface area contributed by atoms with Crippen molar-refractivity contribution < 1.29 is 14.2 Å². The summed E-state index contributed by atoms with van der Waals surface area (Å²) in [6.07, 6.45) is 4.45. The summed E-state index contributed by atoms with van der Waals surface area (Å²) < 4.78 is 16.7. The summed E-state index contributed by atoms with van der Waals surface area (Å²) in [6.45, 7) is 7.94. The first-order chi connectivity index (χ1) is 10.8. The molecule has 0 bridgehead atoms. The second kappa shape index (κ2) is 11.5. The zero-order valence-electron chi connectivity index (χ0n) is 14.4. The molecular formula is C18H30ClNO3. The van der Waals surface area contributed by atoms with Gasteiger partial charge in [0, 0.05) is 13.1 Å². The molecule has 132 valence electrons. The predicted octanol–water partition coefficient (Wildman–Crippen LogP) is 3.56. The van der Waals surface area contributed by atoms with Crippen LogP contribution in [0.1, 0.15) is 31.7 Å². The highest BCUT2D eigenvalue weighted by Crippen LogP contribution is 2.28. The van der Waals surface area contributed by atoms with Crippen molar-refractivity contribution in [1.29, 1.82) is 0 Å². The fourth-order valence-corrected chi connectivity index (χ4v) is 2.72. The van der Waals surface area contributed by atoms with Gasteiger partial charge >= 0.3 is 0 Å². The first kappa shape index (κ1) is 20.1. The molecule has 0 aliphatic carbocycles. The van der Waals surface area contributed by atoms with E-state index in [4.69, 9.17) is 14.2 Å². The fraction of sp³-hybridized carbons (Fsp3) is 0.667. The Morgan fingerprint density at radius 3 is 2.61 bits per heavy atom. The van der Waals surface area contributed by atoms with Crippen LogP contribution in [0.3, 0.4) is 0 Å². The van der Waals surface area contributed by atoms with Crippen LogP contribution in [-0.4, -0.2) is 51.5 Å². The lowest BCUT2D eigenvalue weighted by Gasteiger charge is -2.26. The normalized spacial score (nSPS) is 15.0. The van der Waals surface area contributed by atoms with Gasteiger partial charge in [0.1, 0.15) is 0 Å².